The van der Waals surface area contributed by atoms with E-state index >= 15 is 0 Å². The van der Waals surface area contributed by atoms with Gasteiger partial charge < -0.3 is 24.8 Å². The first kappa shape index (κ1) is 20.2. The summed E-state index contributed by atoms with van der Waals surface area (Å²) in [6, 6.07) is 17.1. The summed E-state index contributed by atoms with van der Waals surface area (Å²) >= 11 is 6.10. The number of benzene rings is 2. The summed E-state index contributed by atoms with van der Waals surface area (Å²) in [7, 11) is 0. The minimum absolute atomic E-state index is 0.105. The number of aromatic nitrogens is 2. The summed E-state index contributed by atoms with van der Waals surface area (Å²) in [5.74, 6) is 1.53. The van der Waals surface area contributed by atoms with Crippen LogP contribution in [0.1, 0.15) is 0 Å². The molecule has 8 heteroatoms. The molecule has 3 heterocycles. The Bertz CT molecular complexity index is 1220. The molecular formula is C24H22ClN5O2. The van der Waals surface area contributed by atoms with Crippen LogP contribution < -0.4 is 15.0 Å². The fourth-order valence-corrected chi connectivity index (χ4v) is 4.00. The molecule has 0 aliphatic carbocycles. The number of piperazine rings is 1. The Morgan fingerprint density at radius 3 is 2.44 bits per heavy atom. The fourth-order valence-electron chi connectivity index (χ4n) is 3.83. The van der Waals surface area contributed by atoms with E-state index in [0.717, 1.165) is 46.9 Å². The van der Waals surface area contributed by atoms with Gasteiger partial charge in [-0.15, -0.1) is 0 Å². The smallest absolute Gasteiger partial charge is 0.322 e. The number of halogens is 1. The number of carbonyl (C=O) groups is 1. The van der Waals surface area contributed by atoms with Gasteiger partial charge in [-0.3, -0.25) is 4.98 Å². The van der Waals surface area contributed by atoms with Crippen molar-refractivity contribution in [3.8, 4) is 11.5 Å². The van der Waals surface area contributed by atoms with Crippen LogP contribution in [-0.2, 0) is 0 Å². The zero-order valence-electron chi connectivity index (χ0n) is 17.3. The Morgan fingerprint density at radius 2 is 1.69 bits per heavy atom. The highest BCUT2D eigenvalue weighted by Gasteiger charge is 2.22. The summed E-state index contributed by atoms with van der Waals surface area (Å²) < 4.78 is 5.83. The van der Waals surface area contributed by atoms with Gasteiger partial charge >= 0.3 is 6.03 Å². The van der Waals surface area contributed by atoms with Crippen LogP contribution in [-0.4, -0.2) is 47.1 Å². The van der Waals surface area contributed by atoms with Crippen molar-refractivity contribution in [2.75, 3.05) is 36.4 Å². The molecule has 2 N–H and O–H groups in total. The maximum absolute atomic E-state index is 12.8. The van der Waals surface area contributed by atoms with E-state index in [1.807, 2.05) is 59.5 Å². The van der Waals surface area contributed by atoms with Crippen LogP contribution in [0.15, 0.2) is 73.2 Å². The molecule has 2 aromatic carbocycles. The highest BCUT2D eigenvalue weighted by atomic mass is 35.5. The van der Waals surface area contributed by atoms with E-state index in [-0.39, 0.29) is 6.03 Å². The number of urea groups is 1. The van der Waals surface area contributed by atoms with Gasteiger partial charge in [-0.2, -0.15) is 0 Å². The summed E-state index contributed by atoms with van der Waals surface area (Å²) in [6.45, 7) is 2.81. The second-order valence-corrected chi connectivity index (χ2v) is 8.01. The largest absolute Gasteiger partial charge is 0.457 e. The van der Waals surface area contributed by atoms with Gasteiger partial charge in [0, 0.05) is 66.4 Å². The molecule has 1 aliphatic heterocycles. The number of pyridine rings is 1. The fraction of sp³-hybridized carbons (Fsp3) is 0.167. The van der Waals surface area contributed by atoms with Crippen molar-refractivity contribution in [3.63, 3.8) is 0 Å². The topological polar surface area (TPSA) is 73.5 Å². The molecule has 162 valence electrons. The standard InChI is InChI=1S/C24H22ClN5O2/c25-17-1-6-22-21(15-17)23(16-27-22)28-24(31)30-13-11-29(12-14-30)18-2-4-19(5-3-18)32-20-7-9-26-10-8-20/h1-10,15-16,27H,11-14H2,(H,28,31). The third-order valence-corrected chi connectivity index (χ3v) is 5.77. The number of aromatic amines is 1. The molecule has 1 fully saturated rings. The lowest BCUT2D eigenvalue weighted by Gasteiger charge is -2.36. The molecule has 32 heavy (non-hydrogen) atoms. The lowest BCUT2D eigenvalue weighted by Crippen LogP contribution is -2.50. The van der Waals surface area contributed by atoms with Gasteiger partial charge in [-0.25, -0.2) is 4.79 Å². The van der Waals surface area contributed by atoms with Gasteiger partial charge in [-0.05, 0) is 54.6 Å². The summed E-state index contributed by atoms with van der Waals surface area (Å²) in [5, 5.41) is 4.54. The number of fused-ring (bicyclic) bond motifs is 1. The van der Waals surface area contributed by atoms with Crippen molar-refractivity contribution in [2.24, 2.45) is 0 Å². The molecule has 4 aromatic rings. The minimum Gasteiger partial charge on any atom is -0.457 e. The molecule has 2 amide bonds. The Morgan fingerprint density at radius 1 is 0.969 bits per heavy atom. The molecule has 0 unspecified atom stereocenters. The molecule has 1 aliphatic rings. The number of nitrogens with zero attached hydrogens (tertiary/aromatic N) is 3. The van der Waals surface area contributed by atoms with Crippen LogP contribution in [0.2, 0.25) is 5.02 Å². The molecule has 2 aromatic heterocycles. The third-order valence-electron chi connectivity index (χ3n) is 5.54. The van der Waals surface area contributed by atoms with Crippen molar-refractivity contribution in [3.05, 3.63) is 78.2 Å². The molecule has 0 saturated carbocycles. The summed E-state index contributed by atoms with van der Waals surface area (Å²) in [4.78, 5) is 24.0. The molecule has 1 saturated heterocycles. The first-order valence-corrected chi connectivity index (χ1v) is 10.8. The van der Waals surface area contributed by atoms with Crippen molar-refractivity contribution in [2.45, 2.75) is 0 Å². The molecule has 5 rings (SSSR count). The van der Waals surface area contributed by atoms with Crippen LogP contribution in [0.4, 0.5) is 16.2 Å². The SMILES string of the molecule is O=C(Nc1c[nH]c2ccc(Cl)cc12)N1CCN(c2ccc(Oc3ccncc3)cc2)CC1. The maximum Gasteiger partial charge on any atom is 0.322 e. The first-order chi connectivity index (χ1) is 15.7. The maximum atomic E-state index is 12.8. The van der Waals surface area contributed by atoms with Gasteiger partial charge in [0.1, 0.15) is 11.5 Å². The van der Waals surface area contributed by atoms with E-state index in [0.29, 0.717) is 18.1 Å². The molecule has 0 radical (unpaired) electrons. The highest BCUT2D eigenvalue weighted by molar-refractivity contribution is 6.31. The van der Waals surface area contributed by atoms with Crippen LogP contribution in [0.3, 0.4) is 0 Å². The number of nitrogens with one attached hydrogen (secondary N) is 2. The number of rotatable bonds is 4. The number of ether oxygens (including phenoxy) is 1. The monoisotopic (exact) mass is 447 g/mol. The van der Waals surface area contributed by atoms with E-state index in [1.165, 1.54) is 0 Å². The lowest BCUT2D eigenvalue weighted by molar-refractivity contribution is 0.208. The van der Waals surface area contributed by atoms with E-state index < -0.39 is 0 Å². The van der Waals surface area contributed by atoms with Crippen LogP contribution >= 0.6 is 11.6 Å². The summed E-state index contributed by atoms with van der Waals surface area (Å²) in [5.41, 5.74) is 2.78. The van der Waals surface area contributed by atoms with Crippen molar-refractivity contribution in [1.82, 2.24) is 14.9 Å². The Kier molecular flexibility index (Phi) is 5.56. The number of amides is 2. The Hall–Kier alpha value is -3.71. The zero-order valence-corrected chi connectivity index (χ0v) is 18.0. The van der Waals surface area contributed by atoms with E-state index in [4.69, 9.17) is 16.3 Å². The second-order valence-electron chi connectivity index (χ2n) is 7.58. The number of H-pyrrole nitrogens is 1. The predicted octanol–water partition coefficient (Wildman–Crippen LogP) is 5.36. The predicted molar refractivity (Wildman–Crippen MR) is 127 cm³/mol. The normalized spacial score (nSPS) is 13.9. The molecular weight excluding hydrogens is 426 g/mol. The minimum atomic E-state index is -0.105. The van der Waals surface area contributed by atoms with Crippen molar-refractivity contribution in [1.29, 1.82) is 0 Å². The number of carbonyl (C=O) groups excluding carboxylic acids is 1. The molecule has 0 atom stereocenters. The number of anilines is 2. The average Bonchev–Trinajstić information content (AvgIpc) is 3.22. The Balaban J connectivity index is 1.17. The van der Waals surface area contributed by atoms with Crippen LogP contribution in [0.25, 0.3) is 10.9 Å². The van der Waals surface area contributed by atoms with Crippen LogP contribution in [0.5, 0.6) is 11.5 Å². The highest BCUT2D eigenvalue weighted by Crippen LogP contribution is 2.27. The quantitative estimate of drug-likeness (QED) is 0.441. The van der Waals surface area contributed by atoms with E-state index in [9.17, 15) is 4.79 Å². The molecule has 0 bridgehead atoms. The Labute approximate surface area is 190 Å². The lowest BCUT2D eigenvalue weighted by atomic mass is 10.2. The second kappa shape index (κ2) is 8.80. The van der Waals surface area contributed by atoms with E-state index in [1.54, 1.807) is 18.6 Å². The molecule has 0 spiro atoms. The van der Waals surface area contributed by atoms with E-state index in [2.05, 4.69) is 20.2 Å². The number of hydrogen-bond acceptors (Lipinski definition) is 4. The van der Waals surface area contributed by atoms with Gasteiger partial charge in [0.25, 0.3) is 0 Å². The van der Waals surface area contributed by atoms with Gasteiger partial charge in [0.15, 0.2) is 0 Å². The van der Waals surface area contributed by atoms with Crippen molar-refractivity contribution >= 4 is 39.9 Å². The van der Waals surface area contributed by atoms with Gasteiger partial charge in [0.2, 0.25) is 0 Å². The van der Waals surface area contributed by atoms with Gasteiger partial charge in [-0.1, -0.05) is 11.6 Å². The summed E-state index contributed by atoms with van der Waals surface area (Å²) in [6.07, 6.45) is 5.20. The molecule has 7 nitrogen and oxygen atoms in total. The first-order valence-electron chi connectivity index (χ1n) is 10.4. The van der Waals surface area contributed by atoms with Gasteiger partial charge in [0.05, 0.1) is 5.69 Å². The average molecular weight is 448 g/mol. The zero-order chi connectivity index (χ0) is 21.9. The van der Waals surface area contributed by atoms with Crippen LogP contribution in [0, 0.1) is 0 Å². The third kappa shape index (κ3) is 4.33. The number of hydrogen-bond donors (Lipinski definition) is 2. The van der Waals surface area contributed by atoms with Crippen molar-refractivity contribution < 1.29 is 9.53 Å².